The summed E-state index contributed by atoms with van der Waals surface area (Å²) in [5, 5.41) is 2.83. The van der Waals surface area contributed by atoms with Crippen LogP contribution in [0, 0.1) is 0 Å². The van der Waals surface area contributed by atoms with Gasteiger partial charge in [0.1, 0.15) is 6.33 Å². The molecule has 2 rings (SSSR count). The highest BCUT2D eigenvalue weighted by Crippen LogP contribution is 2.25. The maximum Gasteiger partial charge on any atom is 0.358 e. The van der Waals surface area contributed by atoms with Gasteiger partial charge in [-0.15, -0.1) is 11.3 Å². The summed E-state index contributed by atoms with van der Waals surface area (Å²) in [6.07, 6.45) is 3.22. The standard InChI is InChI=1S/C13H17N3O2S/c1-5-18-11(17)9-6-16(8-14-9)12-15-10(7-19-12)13(2,3)4/h6-8H,5H2,1-4H3. The molecule has 2 heterocycles. The van der Waals surface area contributed by atoms with E-state index >= 15 is 0 Å². The smallest absolute Gasteiger partial charge is 0.358 e. The Hall–Kier alpha value is -1.69. The van der Waals surface area contributed by atoms with Gasteiger partial charge in [0, 0.05) is 17.0 Å². The lowest BCUT2D eigenvalue weighted by atomic mass is 9.93. The molecular weight excluding hydrogens is 262 g/mol. The number of imidazole rings is 1. The van der Waals surface area contributed by atoms with Gasteiger partial charge in [0.25, 0.3) is 0 Å². The summed E-state index contributed by atoms with van der Waals surface area (Å²) in [4.78, 5) is 20.1. The molecule has 2 aromatic heterocycles. The second-order valence-electron chi connectivity index (χ2n) is 5.15. The molecule has 0 spiro atoms. The Balaban J connectivity index is 2.23. The summed E-state index contributed by atoms with van der Waals surface area (Å²) in [6, 6.07) is 0. The average Bonchev–Trinajstić information content (AvgIpc) is 2.97. The second kappa shape index (κ2) is 5.13. The van der Waals surface area contributed by atoms with Gasteiger partial charge in [-0.05, 0) is 6.92 Å². The lowest BCUT2D eigenvalue weighted by Gasteiger charge is -2.14. The molecule has 0 saturated heterocycles. The van der Waals surface area contributed by atoms with E-state index in [2.05, 4.69) is 30.7 Å². The van der Waals surface area contributed by atoms with Crippen LogP contribution in [0.3, 0.4) is 0 Å². The van der Waals surface area contributed by atoms with Crippen LogP contribution < -0.4 is 0 Å². The lowest BCUT2D eigenvalue weighted by Crippen LogP contribution is -2.11. The third-order valence-corrected chi connectivity index (χ3v) is 3.40. The van der Waals surface area contributed by atoms with Crippen molar-refractivity contribution in [3.8, 4) is 5.13 Å². The zero-order valence-electron chi connectivity index (χ0n) is 11.5. The summed E-state index contributed by atoms with van der Waals surface area (Å²) in [5.74, 6) is -0.408. The maximum absolute atomic E-state index is 11.5. The van der Waals surface area contributed by atoms with E-state index in [1.807, 2.05) is 5.38 Å². The van der Waals surface area contributed by atoms with Crippen molar-refractivity contribution in [2.75, 3.05) is 6.61 Å². The highest BCUT2D eigenvalue weighted by Gasteiger charge is 2.18. The van der Waals surface area contributed by atoms with Gasteiger partial charge >= 0.3 is 5.97 Å². The molecule has 5 nitrogen and oxygen atoms in total. The molecule has 0 saturated carbocycles. The Morgan fingerprint density at radius 2 is 2.21 bits per heavy atom. The van der Waals surface area contributed by atoms with Crippen molar-refractivity contribution < 1.29 is 9.53 Å². The number of esters is 1. The fraction of sp³-hybridized carbons (Fsp3) is 0.462. The van der Waals surface area contributed by atoms with Crippen molar-refractivity contribution >= 4 is 17.3 Å². The van der Waals surface area contributed by atoms with Gasteiger partial charge in [-0.25, -0.2) is 14.8 Å². The van der Waals surface area contributed by atoms with Crippen LogP contribution in [0.4, 0.5) is 0 Å². The van der Waals surface area contributed by atoms with Crippen LogP contribution in [0.5, 0.6) is 0 Å². The largest absolute Gasteiger partial charge is 0.461 e. The highest BCUT2D eigenvalue weighted by molar-refractivity contribution is 7.12. The summed E-state index contributed by atoms with van der Waals surface area (Å²) in [7, 11) is 0. The third kappa shape index (κ3) is 3.01. The third-order valence-electron chi connectivity index (χ3n) is 2.55. The summed E-state index contributed by atoms with van der Waals surface area (Å²) >= 11 is 1.53. The number of carbonyl (C=O) groups is 1. The molecule has 19 heavy (non-hydrogen) atoms. The Labute approximate surface area is 116 Å². The first-order valence-corrected chi connectivity index (χ1v) is 6.97. The number of aromatic nitrogens is 3. The van der Waals surface area contributed by atoms with Gasteiger partial charge in [-0.3, -0.25) is 4.57 Å². The van der Waals surface area contributed by atoms with E-state index in [0.29, 0.717) is 12.3 Å². The van der Waals surface area contributed by atoms with Crippen LogP contribution in [0.1, 0.15) is 43.9 Å². The SMILES string of the molecule is CCOC(=O)c1cn(-c2nc(C(C)(C)C)cs2)cn1. The molecule has 2 aromatic rings. The topological polar surface area (TPSA) is 57.0 Å². The van der Waals surface area contributed by atoms with E-state index in [1.54, 1.807) is 24.0 Å². The minimum absolute atomic E-state index is 0.0132. The Morgan fingerprint density at radius 3 is 2.79 bits per heavy atom. The highest BCUT2D eigenvalue weighted by atomic mass is 32.1. The predicted molar refractivity (Wildman–Crippen MR) is 73.9 cm³/mol. The average molecular weight is 279 g/mol. The molecule has 0 radical (unpaired) electrons. The predicted octanol–water partition coefficient (Wildman–Crippen LogP) is 2.80. The normalized spacial score (nSPS) is 11.6. The van der Waals surface area contributed by atoms with Crippen LogP contribution in [0.25, 0.3) is 5.13 Å². The van der Waals surface area contributed by atoms with Crippen molar-refractivity contribution in [2.24, 2.45) is 0 Å². The first kappa shape index (κ1) is 13.7. The monoisotopic (exact) mass is 279 g/mol. The molecule has 0 aliphatic rings. The minimum atomic E-state index is -0.408. The molecule has 0 unspecified atom stereocenters. The quantitative estimate of drug-likeness (QED) is 0.811. The van der Waals surface area contributed by atoms with E-state index in [9.17, 15) is 4.79 Å². The number of ether oxygens (including phenoxy) is 1. The fourth-order valence-corrected chi connectivity index (χ4v) is 2.46. The van der Waals surface area contributed by atoms with Crippen molar-refractivity contribution in [1.29, 1.82) is 0 Å². The lowest BCUT2D eigenvalue weighted by molar-refractivity contribution is 0.0520. The van der Waals surface area contributed by atoms with E-state index in [-0.39, 0.29) is 5.41 Å². The van der Waals surface area contributed by atoms with Crippen molar-refractivity contribution in [3.63, 3.8) is 0 Å². The molecule has 6 heteroatoms. The van der Waals surface area contributed by atoms with Crippen LogP contribution >= 0.6 is 11.3 Å². The summed E-state index contributed by atoms with van der Waals surface area (Å²) in [6.45, 7) is 8.46. The first-order valence-electron chi connectivity index (χ1n) is 6.09. The number of hydrogen-bond acceptors (Lipinski definition) is 5. The molecule has 0 fully saturated rings. The molecule has 0 atom stereocenters. The van der Waals surface area contributed by atoms with E-state index in [0.717, 1.165) is 10.8 Å². The Bertz CT molecular complexity index is 581. The molecule has 0 bridgehead atoms. The molecule has 0 N–H and O–H groups in total. The summed E-state index contributed by atoms with van der Waals surface area (Å²) < 4.78 is 6.65. The van der Waals surface area contributed by atoms with Crippen molar-refractivity contribution in [1.82, 2.24) is 14.5 Å². The molecular formula is C13H17N3O2S. The van der Waals surface area contributed by atoms with E-state index < -0.39 is 5.97 Å². The molecule has 102 valence electrons. The Morgan fingerprint density at radius 1 is 1.47 bits per heavy atom. The van der Waals surface area contributed by atoms with E-state index in [1.165, 1.54) is 11.3 Å². The van der Waals surface area contributed by atoms with Gasteiger partial charge < -0.3 is 4.74 Å². The zero-order valence-corrected chi connectivity index (χ0v) is 12.3. The van der Waals surface area contributed by atoms with E-state index in [4.69, 9.17) is 4.74 Å². The number of nitrogens with zero attached hydrogens (tertiary/aromatic N) is 3. The van der Waals surface area contributed by atoms with Crippen molar-refractivity contribution in [3.05, 3.63) is 29.3 Å². The number of rotatable bonds is 3. The van der Waals surface area contributed by atoms with Gasteiger partial charge in [0.15, 0.2) is 10.8 Å². The Kier molecular flexibility index (Phi) is 3.71. The van der Waals surface area contributed by atoms with Crippen LogP contribution in [0.2, 0.25) is 0 Å². The van der Waals surface area contributed by atoms with Crippen molar-refractivity contribution in [2.45, 2.75) is 33.1 Å². The number of hydrogen-bond donors (Lipinski definition) is 0. The molecule has 0 amide bonds. The fourth-order valence-electron chi connectivity index (χ4n) is 1.47. The van der Waals surface area contributed by atoms with Gasteiger partial charge in [0.2, 0.25) is 0 Å². The first-order chi connectivity index (χ1) is 8.91. The molecule has 0 aliphatic heterocycles. The van der Waals surface area contributed by atoms with Crippen LogP contribution in [0.15, 0.2) is 17.9 Å². The van der Waals surface area contributed by atoms with Gasteiger partial charge in [0.05, 0.1) is 12.3 Å². The molecule has 0 aromatic carbocycles. The minimum Gasteiger partial charge on any atom is -0.461 e. The van der Waals surface area contributed by atoms with Crippen LogP contribution in [-0.2, 0) is 10.2 Å². The van der Waals surface area contributed by atoms with Crippen LogP contribution in [-0.4, -0.2) is 27.1 Å². The molecule has 0 aliphatic carbocycles. The number of carbonyl (C=O) groups excluding carboxylic acids is 1. The maximum atomic E-state index is 11.5. The van der Waals surface area contributed by atoms with Gasteiger partial charge in [-0.1, -0.05) is 20.8 Å². The zero-order chi connectivity index (χ0) is 14.0. The van der Waals surface area contributed by atoms with Gasteiger partial charge in [-0.2, -0.15) is 0 Å². The number of thiazole rings is 1. The summed E-state index contributed by atoms with van der Waals surface area (Å²) in [5.41, 5.74) is 1.34. The second-order valence-corrected chi connectivity index (χ2v) is 5.99.